The molecule has 8 heteroatoms. The fourth-order valence-corrected chi connectivity index (χ4v) is 2.00. The molecule has 106 valence electrons. The van der Waals surface area contributed by atoms with Crippen LogP contribution in [0.4, 0.5) is 5.69 Å². The van der Waals surface area contributed by atoms with Gasteiger partial charge >= 0.3 is 0 Å². The monoisotopic (exact) mass is 306 g/mol. The number of halogens is 1. The molecule has 0 aliphatic rings. The van der Waals surface area contributed by atoms with E-state index in [1.165, 1.54) is 19.2 Å². The van der Waals surface area contributed by atoms with Crippen LogP contribution in [0.3, 0.4) is 0 Å². The first-order valence-electron chi connectivity index (χ1n) is 5.33. The third-order valence-electron chi connectivity index (χ3n) is 2.32. The number of sulfone groups is 1. The molecule has 0 bridgehead atoms. The lowest BCUT2D eigenvalue weighted by atomic mass is 10.1. The average Bonchev–Trinajstić information content (AvgIpc) is 2.30. The summed E-state index contributed by atoms with van der Waals surface area (Å²) in [6.45, 7) is 0.0167. The molecule has 1 aromatic carbocycles. The highest BCUT2D eigenvalue weighted by Gasteiger charge is 2.15. The molecule has 0 saturated carbocycles. The number of rotatable bonds is 5. The number of nitrogens with one attached hydrogen (secondary N) is 1. The summed E-state index contributed by atoms with van der Waals surface area (Å²) in [6.07, 6.45) is 1.10. The molecule has 0 radical (unpaired) electrons. The molecular weight excluding hydrogens is 292 g/mol. The maximum absolute atomic E-state index is 11.9. The van der Waals surface area contributed by atoms with Gasteiger partial charge in [-0.3, -0.25) is 4.79 Å². The maximum atomic E-state index is 11.9. The van der Waals surface area contributed by atoms with Crippen LogP contribution in [0.2, 0.25) is 5.02 Å². The minimum Gasteiger partial charge on any atom is -0.496 e. The van der Waals surface area contributed by atoms with Crippen molar-refractivity contribution in [1.29, 1.82) is 0 Å². The molecular formula is C11H15ClN2O4S. The lowest BCUT2D eigenvalue weighted by molar-refractivity contribution is 0.0953. The summed E-state index contributed by atoms with van der Waals surface area (Å²) in [5.74, 6) is -0.329. The van der Waals surface area contributed by atoms with Crippen molar-refractivity contribution in [3.8, 4) is 5.75 Å². The third-order valence-corrected chi connectivity index (χ3v) is 3.59. The molecule has 0 aliphatic carbocycles. The van der Waals surface area contributed by atoms with Crippen LogP contribution in [0.25, 0.3) is 0 Å². The van der Waals surface area contributed by atoms with Gasteiger partial charge in [0, 0.05) is 18.9 Å². The summed E-state index contributed by atoms with van der Waals surface area (Å²) in [4.78, 5) is 11.9. The Bertz CT molecular complexity index is 587. The number of nitrogens with two attached hydrogens (primary N) is 1. The fraction of sp³-hybridized carbons (Fsp3) is 0.364. The van der Waals surface area contributed by atoms with E-state index in [0.29, 0.717) is 5.69 Å². The van der Waals surface area contributed by atoms with Crippen LogP contribution < -0.4 is 15.8 Å². The standard InChI is InChI=1S/C11H15ClN2O4S/c1-18-10-6-9(13)8(12)5-7(10)11(15)14-3-4-19(2,16)17/h5-6H,3-4,13H2,1-2H3,(H,14,15). The molecule has 0 aromatic heterocycles. The third kappa shape index (κ3) is 4.60. The zero-order valence-corrected chi connectivity index (χ0v) is 12.1. The average molecular weight is 307 g/mol. The van der Waals surface area contributed by atoms with Gasteiger partial charge in [-0.15, -0.1) is 0 Å². The number of amides is 1. The number of ether oxygens (including phenoxy) is 1. The summed E-state index contributed by atoms with van der Waals surface area (Å²) >= 11 is 5.84. The Labute approximate surface area is 116 Å². The van der Waals surface area contributed by atoms with E-state index < -0.39 is 15.7 Å². The molecule has 19 heavy (non-hydrogen) atoms. The molecule has 1 rings (SSSR count). The Balaban J connectivity index is 2.85. The van der Waals surface area contributed by atoms with Crippen molar-refractivity contribution in [2.24, 2.45) is 0 Å². The highest BCUT2D eigenvalue weighted by atomic mass is 35.5. The molecule has 0 heterocycles. The van der Waals surface area contributed by atoms with Gasteiger partial charge in [0.15, 0.2) is 0 Å². The SMILES string of the molecule is COc1cc(N)c(Cl)cc1C(=O)NCCS(C)(=O)=O. The maximum Gasteiger partial charge on any atom is 0.255 e. The molecule has 0 fully saturated rings. The number of hydrogen-bond donors (Lipinski definition) is 2. The highest BCUT2D eigenvalue weighted by molar-refractivity contribution is 7.90. The first kappa shape index (κ1) is 15.6. The number of anilines is 1. The number of methoxy groups -OCH3 is 1. The topological polar surface area (TPSA) is 98.5 Å². The number of carbonyl (C=O) groups is 1. The molecule has 0 unspecified atom stereocenters. The van der Waals surface area contributed by atoms with E-state index in [9.17, 15) is 13.2 Å². The van der Waals surface area contributed by atoms with E-state index in [-0.39, 0.29) is 28.6 Å². The van der Waals surface area contributed by atoms with E-state index >= 15 is 0 Å². The van der Waals surface area contributed by atoms with Crippen molar-refractivity contribution in [1.82, 2.24) is 5.32 Å². The van der Waals surface area contributed by atoms with Gasteiger partial charge in [0.1, 0.15) is 15.6 Å². The van der Waals surface area contributed by atoms with Gasteiger partial charge < -0.3 is 15.8 Å². The van der Waals surface area contributed by atoms with E-state index in [0.717, 1.165) is 6.26 Å². The minimum absolute atomic E-state index is 0.0167. The van der Waals surface area contributed by atoms with Crippen LogP contribution in [0.15, 0.2) is 12.1 Å². The van der Waals surface area contributed by atoms with Crippen LogP contribution in [-0.4, -0.2) is 40.0 Å². The van der Waals surface area contributed by atoms with Crippen molar-refractivity contribution in [3.63, 3.8) is 0 Å². The Morgan fingerprint density at radius 1 is 1.47 bits per heavy atom. The van der Waals surface area contributed by atoms with Crippen molar-refractivity contribution >= 4 is 33.0 Å². The zero-order valence-electron chi connectivity index (χ0n) is 10.6. The second-order valence-electron chi connectivity index (χ2n) is 3.96. The van der Waals surface area contributed by atoms with Gasteiger partial charge in [-0.25, -0.2) is 8.42 Å². The summed E-state index contributed by atoms with van der Waals surface area (Å²) in [6, 6.07) is 2.82. The summed E-state index contributed by atoms with van der Waals surface area (Å²) in [5, 5.41) is 2.71. The molecule has 1 aromatic rings. The minimum atomic E-state index is -3.12. The second kappa shape index (κ2) is 6.12. The lowest BCUT2D eigenvalue weighted by Gasteiger charge is -2.11. The van der Waals surface area contributed by atoms with Crippen molar-refractivity contribution < 1.29 is 17.9 Å². The predicted molar refractivity (Wildman–Crippen MR) is 74.5 cm³/mol. The summed E-state index contributed by atoms with van der Waals surface area (Å²) in [7, 11) is -1.73. The molecule has 3 N–H and O–H groups in total. The van der Waals surface area contributed by atoms with Crippen LogP contribution in [0.5, 0.6) is 5.75 Å². The molecule has 0 spiro atoms. The lowest BCUT2D eigenvalue weighted by Crippen LogP contribution is -2.29. The summed E-state index contributed by atoms with van der Waals surface area (Å²) in [5.41, 5.74) is 6.10. The van der Waals surface area contributed by atoms with Crippen molar-refractivity contribution in [2.45, 2.75) is 0 Å². The van der Waals surface area contributed by atoms with Gasteiger partial charge in [-0.1, -0.05) is 11.6 Å². The first-order valence-corrected chi connectivity index (χ1v) is 7.77. The molecule has 1 amide bonds. The van der Waals surface area contributed by atoms with Gasteiger partial charge in [0.25, 0.3) is 5.91 Å². The van der Waals surface area contributed by atoms with Crippen LogP contribution in [-0.2, 0) is 9.84 Å². The quantitative estimate of drug-likeness (QED) is 0.780. The largest absolute Gasteiger partial charge is 0.496 e. The van der Waals surface area contributed by atoms with Gasteiger partial charge in [-0.05, 0) is 6.07 Å². The van der Waals surface area contributed by atoms with Gasteiger partial charge in [-0.2, -0.15) is 0 Å². The number of nitrogen functional groups attached to an aromatic ring is 1. The highest BCUT2D eigenvalue weighted by Crippen LogP contribution is 2.28. The Hall–Kier alpha value is -1.47. The molecule has 0 saturated heterocycles. The molecule has 6 nitrogen and oxygen atoms in total. The first-order chi connectivity index (χ1) is 8.74. The van der Waals surface area contributed by atoms with Gasteiger partial charge in [0.2, 0.25) is 0 Å². The molecule has 0 aliphatic heterocycles. The second-order valence-corrected chi connectivity index (χ2v) is 6.63. The zero-order chi connectivity index (χ0) is 14.6. The van der Waals surface area contributed by atoms with Crippen LogP contribution in [0.1, 0.15) is 10.4 Å². The van der Waals surface area contributed by atoms with Crippen LogP contribution >= 0.6 is 11.6 Å². The predicted octanol–water partition coefficient (Wildman–Crippen LogP) is 0.705. The Morgan fingerprint density at radius 3 is 2.63 bits per heavy atom. The number of hydrogen-bond acceptors (Lipinski definition) is 5. The van der Waals surface area contributed by atoms with E-state index in [1.54, 1.807) is 0 Å². The van der Waals surface area contributed by atoms with Crippen molar-refractivity contribution in [2.75, 3.05) is 31.4 Å². The number of carbonyl (C=O) groups excluding carboxylic acids is 1. The van der Waals surface area contributed by atoms with E-state index in [4.69, 9.17) is 22.1 Å². The van der Waals surface area contributed by atoms with E-state index in [2.05, 4.69) is 5.32 Å². The Kier molecular flexibility index (Phi) is 5.02. The van der Waals surface area contributed by atoms with Gasteiger partial charge in [0.05, 0.1) is 29.1 Å². The van der Waals surface area contributed by atoms with Crippen molar-refractivity contribution in [3.05, 3.63) is 22.7 Å². The normalized spacial score (nSPS) is 11.1. The van der Waals surface area contributed by atoms with E-state index in [1.807, 2.05) is 0 Å². The molecule has 0 atom stereocenters. The van der Waals surface area contributed by atoms with Crippen LogP contribution in [0, 0.1) is 0 Å². The number of benzene rings is 1. The Morgan fingerprint density at radius 2 is 2.11 bits per heavy atom. The fourth-order valence-electron chi connectivity index (χ4n) is 1.36. The smallest absolute Gasteiger partial charge is 0.255 e. The summed E-state index contributed by atoms with van der Waals surface area (Å²) < 4.78 is 26.9.